The summed E-state index contributed by atoms with van der Waals surface area (Å²) >= 11 is 6.12. The normalized spacial score (nSPS) is 17.1. The molecule has 1 fully saturated rings. The van der Waals surface area contributed by atoms with E-state index in [1.165, 1.54) is 0 Å². The number of allylic oxidation sites excluding steroid dienone is 1. The summed E-state index contributed by atoms with van der Waals surface area (Å²) in [5, 5.41) is 0. The molecule has 0 amide bonds. The Morgan fingerprint density at radius 2 is 1.73 bits per heavy atom. The Labute approximate surface area is 96.3 Å². The number of hydrogen-bond donors (Lipinski definition) is 0. The van der Waals surface area contributed by atoms with Gasteiger partial charge in [0.15, 0.2) is 0 Å². The lowest BCUT2D eigenvalue weighted by molar-refractivity contribution is 0.227. The van der Waals surface area contributed by atoms with Gasteiger partial charge in [0.05, 0.1) is 13.2 Å². The van der Waals surface area contributed by atoms with Crippen molar-refractivity contribution in [3.8, 4) is 0 Å². The lowest BCUT2D eigenvalue weighted by atomic mass is 10.3. The smallest absolute Gasteiger partial charge is 0.305 e. The van der Waals surface area contributed by atoms with Crippen LogP contribution in [-0.4, -0.2) is 13.2 Å². The van der Waals surface area contributed by atoms with E-state index >= 15 is 0 Å². The summed E-state index contributed by atoms with van der Waals surface area (Å²) in [5.74, 6) is 0. The third-order valence-electron chi connectivity index (χ3n) is 2.34. The number of rotatable bonds is 5. The van der Waals surface area contributed by atoms with Gasteiger partial charge in [-0.1, -0.05) is 11.6 Å². The summed E-state index contributed by atoms with van der Waals surface area (Å²) in [5.41, 5.74) is 1.04. The van der Waals surface area contributed by atoms with E-state index in [2.05, 4.69) is 0 Å². The molecule has 0 aliphatic heterocycles. The second kappa shape index (κ2) is 6.05. The van der Waals surface area contributed by atoms with Crippen LogP contribution >= 0.6 is 19.2 Å². The van der Waals surface area contributed by atoms with E-state index in [1.807, 2.05) is 0 Å². The first kappa shape index (κ1) is 13.2. The third kappa shape index (κ3) is 3.32. The first-order valence-corrected chi connectivity index (χ1v) is 7.33. The SMILES string of the molecule is CCOP(=O)(OCC)C(Cl)=C1CCCC1. The maximum Gasteiger partial charge on any atom is 0.372 e. The molecule has 0 radical (unpaired) electrons. The maximum atomic E-state index is 12.3. The van der Waals surface area contributed by atoms with Gasteiger partial charge in [0, 0.05) is 0 Å². The van der Waals surface area contributed by atoms with Gasteiger partial charge in [-0.05, 0) is 45.1 Å². The second-order valence-corrected chi connectivity index (χ2v) is 6.03. The van der Waals surface area contributed by atoms with Gasteiger partial charge in [0.25, 0.3) is 0 Å². The Kier molecular flexibility index (Phi) is 5.34. The zero-order chi connectivity index (χ0) is 11.3. The Hall–Kier alpha value is 0.180. The molecule has 15 heavy (non-hydrogen) atoms. The molecule has 1 rings (SSSR count). The van der Waals surface area contributed by atoms with Crippen molar-refractivity contribution >= 4 is 19.2 Å². The molecule has 0 unspecified atom stereocenters. The van der Waals surface area contributed by atoms with E-state index in [4.69, 9.17) is 20.6 Å². The van der Waals surface area contributed by atoms with Gasteiger partial charge in [0.2, 0.25) is 0 Å². The highest BCUT2D eigenvalue weighted by Gasteiger charge is 2.31. The van der Waals surface area contributed by atoms with Crippen molar-refractivity contribution < 1.29 is 13.6 Å². The number of hydrogen-bond acceptors (Lipinski definition) is 3. The Bertz CT molecular complexity index is 270. The zero-order valence-corrected chi connectivity index (χ0v) is 10.9. The average molecular weight is 253 g/mol. The van der Waals surface area contributed by atoms with Crippen LogP contribution in [0.4, 0.5) is 0 Å². The van der Waals surface area contributed by atoms with Crippen LogP contribution in [0.25, 0.3) is 0 Å². The van der Waals surface area contributed by atoms with Crippen molar-refractivity contribution in [1.82, 2.24) is 0 Å². The van der Waals surface area contributed by atoms with Crippen LogP contribution in [0.2, 0.25) is 0 Å². The van der Waals surface area contributed by atoms with E-state index in [9.17, 15) is 4.57 Å². The van der Waals surface area contributed by atoms with Crippen molar-refractivity contribution in [2.45, 2.75) is 39.5 Å². The summed E-state index contributed by atoms with van der Waals surface area (Å²) in [7, 11) is -3.21. The second-order valence-electron chi connectivity index (χ2n) is 3.43. The van der Waals surface area contributed by atoms with Crippen molar-refractivity contribution in [3.63, 3.8) is 0 Å². The van der Waals surface area contributed by atoms with Crippen molar-refractivity contribution in [2.75, 3.05) is 13.2 Å². The van der Waals surface area contributed by atoms with Crippen molar-refractivity contribution in [2.24, 2.45) is 0 Å². The molecule has 1 aliphatic carbocycles. The van der Waals surface area contributed by atoms with Crippen LogP contribution in [0, 0.1) is 0 Å². The summed E-state index contributed by atoms with van der Waals surface area (Å²) in [4.78, 5) is 0. The molecule has 0 N–H and O–H groups in total. The van der Waals surface area contributed by atoms with Crippen molar-refractivity contribution in [1.29, 1.82) is 0 Å². The Balaban J connectivity index is 2.87. The van der Waals surface area contributed by atoms with Crippen LogP contribution in [0.5, 0.6) is 0 Å². The third-order valence-corrected chi connectivity index (χ3v) is 5.22. The van der Waals surface area contributed by atoms with E-state index in [1.54, 1.807) is 13.8 Å². The highest BCUT2D eigenvalue weighted by atomic mass is 35.5. The molecule has 0 heterocycles. The van der Waals surface area contributed by atoms with E-state index in [0.29, 0.717) is 18.0 Å². The highest BCUT2D eigenvalue weighted by Crippen LogP contribution is 2.60. The minimum atomic E-state index is -3.21. The first-order chi connectivity index (χ1) is 7.14. The summed E-state index contributed by atoms with van der Waals surface area (Å²) in [6.07, 6.45) is 4.07. The van der Waals surface area contributed by atoms with Gasteiger partial charge in [-0.3, -0.25) is 4.57 Å². The minimum absolute atomic E-state index is 0.323. The fourth-order valence-electron chi connectivity index (χ4n) is 1.69. The van der Waals surface area contributed by atoms with Gasteiger partial charge < -0.3 is 9.05 Å². The van der Waals surface area contributed by atoms with Gasteiger partial charge in [-0.2, -0.15) is 0 Å². The van der Waals surface area contributed by atoms with E-state index in [-0.39, 0.29) is 0 Å². The molecule has 1 saturated carbocycles. The fraction of sp³-hybridized carbons (Fsp3) is 0.800. The van der Waals surface area contributed by atoms with Crippen LogP contribution in [-0.2, 0) is 13.6 Å². The minimum Gasteiger partial charge on any atom is -0.305 e. The maximum absolute atomic E-state index is 12.3. The van der Waals surface area contributed by atoms with E-state index in [0.717, 1.165) is 31.3 Å². The molecule has 88 valence electrons. The molecular weight excluding hydrogens is 235 g/mol. The quantitative estimate of drug-likeness (QED) is 0.685. The summed E-state index contributed by atoms with van der Waals surface area (Å²) in [6.45, 7) is 4.27. The summed E-state index contributed by atoms with van der Waals surface area (Å²) < 4.78 is 23.0. The van der Waals surface area contributed by atoms with Crippen LogP contribution in [0.15, 0.2) is 10.3 Å². The molecule has 3 nitrogen and oxygen atoms in total. The molecular formula is C10H18ClO3P. The zero-order valence-electron chi connectivity index (χ0n) is 9.29. The first-order valence-electron chi connectivity index (χ1n) is 5.41. The molecule has 0 saturated heterocycles. The molecule has 0 bridgehead atoms. The summed E-state index contributed by atoms with van der Waals surface area (Å²) in [6, 6.07) is 0. The largest absolute Gasteiger partial charge is 0.372 e. The predicted octanol–water partition coefficient (Wildman–Crippen LogP) is 4.28. The van der Waals surface area contributed by atoms with E-state index < -0.39 is 7.60 Å². The Morgan fingerprint density at radius 1 is 1.27 bits per heavy atom. The lowest BCUT2D eigenvalue weighted by Gasteiger charge is -2.17. The fourth-order valence-corrected chi connectivity index (χ4v) is 3.77. The van der Waals surface area contributed by atoms with Gasteiger partial charge >= 0.3 is 7.60 Å². The number of halogens is 1. The van der Waals surface area contributed by atoms with Crippen LogP contribution in [0.1, 0.15) is 39.5 Å². The highest BCUT2D eigenvalue weighted by molar-refractivity contribution is 7.61. The predicted molar refractivity (Wildman–Crippen MR) is 62.2 cm³/mol. The standard InChI is InChI=1S/C10H18ClO3P/c1-3-13-15(12,14-4-2)10(11)9-7-5-6-8-9/h3-8H2,1-2H3. The molecule has 0 aromatic heterocycles. The molecule has 0 spiro atoms. The van der Waals surface area contributed by atoms with Gasteiger partial charge in [-0.15, -0.1) is 0 Å². The topological polar surface area (TPSA) is 35.5 Å². The molecule has 5 heteroatoms. The molecule has 0 atom stereocenters. The molecule has 0 aromatic carbocycles. The molecule has 1 aliphatic rings. The lowest BCUT2D eigenvalue weighted by Crippen LogP contribution is -1.97. The van der Waals surface area contributed by atoms with Gasteiger partial charge in [0.1, 0.15) is 4.77 Å². The Morgan fingerprint density at radius 3 is 2.13 bits per heavy atom. The monoisotopic (exact) mass is 252 g/mol. The molecule has 0 aromatic rings. The van der Waals surface area contributed by atoms with Crippen LogP contribution < -0.4 is 0 Å². The van der Waals surface area contributed by atoms with Crippen molar-refractivity contribution in [3.05, 3.63) is 10.3 Å². The van der Waals surface area contributed by atoms with Crippen LogP contribution in [0.3, 0.4) is 0 Å². The van der Waals surface area contributed by atoms with Gasteiger partial charge in [-0.25, -0.2) is 0 Å². The average Bonchev–Trinajstić information content (AvgIpc) is 2.70.